The summed E-state index contributed by atoms with van der Waals surface area (Å²) in [5, 5.41) is 3.57. The quantitative estimate of drug-likeness (QED) is 0.810. The van der Waals surface area contributed by atoms with Crippen LogP contribution < -0.4 is 5.32 Å². The minimum atomic E-state index is 0.455. The van der Waals surface area contributed by atoms with Crippen LogP contribution in [0.5, 0.6) is 0 Å². The lowest BCUT2D eigenvalue weighted by Crippen LogP contribution is -2.24. The summed E-state index contributed by atoms with van der Waals surface area (Å²) >= 11 is 2.34. The van der Waals surface area contributed by atoms with Crippen LogP contribution in [0.15, 0.2) is 24.3 Å². The molecule has 0 aliphatic heterocycles. The Balaban J connectivity index is 2.46. The van der Waals surface area contributed by atoms with Crippen molar-refractivity contribution in [2.24, 2.45) is 5.92 Å². The van der Waals surface area contributed by atoms with Gasteiger partial charge in [0.1, 0.15) is 0 Å². The monoisotopic (exact) mass is 317 g/mol. The maximum atomic E-state index is 3.57. The second-order valence-electron chi connectivity index (χ2n) is 4.19. The van der Waals surface area contributed by atoms with E-state index in [9.17, 15) is 0 Å². The number of nitrogens with one attached hydrogen (secondary N) is 1. The predicted molar refractivity (Wildman–Crippen MR) is 75.0 cm³/mol. The molecule has 1 N–H and O–H groups in total. The Bertz CT molecular complexity index is 281. The third-order valence-corrected chi connectivity index (χ3v) is 3.56. The van der Waals surface area contributed by atoms with Gasteiger partial charge >= 0.3 is 0 Å². The molecule has 1 nitrogen and oxygen atoms in total. The van der Waals surface area contributed by atoms with Gasteiger partial charge in [0.05, 0.1) is 0 Å². The molecule has 1 aromatic rings. The van der Waals surface area contributed by atoms with E-state index < -0.39 is 0 Å². The summed E-state index contributed by atoms with van der Waals surface area (Å²) in [6.07, 6.45) is 1.24. The first kappa shape index (κ1) is 13.0. The molecule has 1 rings (SSSR count). The summed E-state index contributed by atoms with van der Waals surface area (Å²) in [6, 6.07) is 9.19. The molecule has 2 unspecified atom stereocenters. The molecule has 0 heterocycles. The zero-order valence-electron chi connectivity index (χ0n) is 9.76. The van der Waals surface area contributed by atoms with Gasteiger partial charge in [-0.25, -0.2) is 0 Å². The highest BCUT2D eigenvalue weighted by Crippen LogP contribution is 2.14. The fourth-order valence-electron chi connectivity index (χ4n) is 1.39. The van der Waals surface area contributed by atoms with Crippen molar-refractivity contribution in [3.05, 3.63) is 33.4 Å². The second-order valence-corrected chi connectivity index (χ2v) is 5.44. The first-order valence-corrected chi connectivity index (χ1v) is 6.70. The van der Waals surface area contributed by atoms with Crippen molar-refractivity contribution in [1.29, 1.82) is 0 Å². The van der Waals surface area contributed by atoms with Gasteiger partial charge in [0.2, 0.25) is 0 Å². The highest BCUT2D eigenvalue weighted by atomic mass is 127. The van der Waals surface area contributed by atoms with Crippen LogP contribution in [0.25, 0.3) is 0 Å². The molecule has 0 radical (unpaired) electrons. The van der Waals surface area contributed by atoms with Crippen LogP contribution >= 0.6 is 22.6 Å². The van der Waals surface area contributed by atoms with Crippen LogP contribution in [0, 0.1) is 9.49 Å². The molecular formula is C13H20IN. The van der Waals surface area contributed by atoms with Crippen molar-refractivity contribution in [3.8, 4) is 0 Å². The topological polar surface area (TPSA) is 12.0 Å². The largest absolute Gasteiger partial charge is 0.310 e. The average Bonchev–Trinajstić information content (AvgIpc) is 2.26. The van der Waals surface area contributed by atoms with Crippen LogP contribution in [-0.4, -0.2) is 6.54 Å². The molecule has 0 bridgehead atoms. The molecule has 0 aliphatic carbocycles. The Morgan fingerprint density at radius 3 is 2.33 bits per heavy atom. The van der Waals surface area contributed by atoms with E-state index in [0.29, 0.717) is 6.04 Å². The third-order valence-electron chi connectivity index (χ3n) is 2.84. The van der Waals surface area contributed by atoms with E-state index in [1.165, 1.54) is 15.6 Å². The van der Waals surface area contributed by atoms with Crippen LogP contribution in [0.1, 0.15) is 38.8 Å². The van der Waals surface area contributed by atoms with Crippen LogP contribution in [0.4, 0.5) is 0 Å². The van der Waals surface area contributed by atoms with E-state index in [2.05, 4.69) is 72.9 Å². The van der Waals surface area contributed by atoms with Crippen molar-refractivity contribution in [3.63, 3.8) is 0 Å². The van der Waals surface area contributed by atoms with E-state index in [1.807, 2.05) is 0 Å². The summed E-state index contributed by atoms with van der Waals surface area (Å²) < 4.78 is 1.30. The fourth-order valence-corrected chi connectivity index (χ4v) is 1.75. The van der Waals surface area contributed by atoms with Crippen LogP contribution in [-0.2, 0) is 0 Å². The normalized spacial score (nSPS) is 14.9. The average molecular weight is 317 g/mol. The van der Waals surface area contributed by atoms with E-state index in [4.69, 9.17) is 0 Å². The molecule has 0 fully saturated rings. The van der Waals surface area contributed by atoms with Crippen molar-refractivity contribution in [2.75, 3.05) is 6.54 Å². The molecule has 1 aromatic carbocycles. The SMILES string of the molecule is CCC(C)CNC(C)c1ccc(I)cc1. The lowest BCUT2D eigenvalue weighted by Gasteiger charge is -2.17. The van der Waals surface area contributed by atoms with Gasteiger partial charge in [-0.05, 0) is 59.7 Å². The lowest BCUT2D eigenvalue weighted by atomic mass is 10.1. The standard InChI is InChI=1S/C13H20IN/c1-4-10(2)9-15-11(3)12-5-7-13(14)8-6-12/h5-8,10-11,15H,4,9H2,1-3H3. The summed E-state index contributed by atoms with van der Waals surface area (Å²) in [5.74, 6) is 0.760. The van der Waals surface area contributed by atoms with Gasteiger partial charge < -0.3 is 5.32 Å². The molecule has 2 atom stereocenters. The molecular weight excluding hydrogens is 297 g/mol. The van der Waals surface area contributed by atoms with Crippen molar-refractivity contribution >= 4 is 22.6 Å². The van der Waals surface area contributed by atoms with Gasteiger partial charge in [0.25, 0.3) is 0 Å². The molecule has 84 valence electrons. The summed E-state index contributed by atoms with van der Waals surface area (Å²) in [6.45, 7) is 7.85. The lowest BCUT2D eigenvalue weighted by molar-refractivity contribution is 0.461. The van der Waals surface area contributed by atoms with Crippen molar-refractivity contribution < 1.29 is 0 Å². The van der Waals surface area contributed by atoms with Crippen molar-refractivity contribution in [2.45, 2.75) is 33.2 Å². The molecule has 15 heavy (non-hydrogen) atoms. The van der Waals surface area contributed by atoms with Crippen LogP contribution in [0.2, 0.25) is 0 Å². The Labute approximate surface area is 107 Å². The molecule has 0 aromatic heterocycles. The highest BCUT2D eigenvalue weighted by molar-refractivity contribution is 14.1. The molecule has 0 saturated carbocycles. The number of halogens is 1. The van der Waals surface area contributed by atoms with Gasteiger partial charge in [-0.15, -0.1) is 0 Å². The first-order valence-electron chi connectivity index (χ1n) is 5.62. The minimum absolute atomic E-state index is 0.455. The first-order chi connectivity index (χ1) is 7.13. The second kappa shape index (κ2) is 6.48. The van der Waals surface area contributed by atoms with Gasteiger partial charge in [-0.1, -0.05) is 32.4 Å². The maximum Gasteiger partial charge on any atom is 0.0291 e. The molecule has 0 amide bonds. The number of benzene rings is 1. The van der Waals surface area contributed by atoms with Crippen molar-refractivity contribution in [1.82, 2.24) is 5.32 Å². The number of rotatable bonds is 5. The summed E-state index contributed by atoms with van der Waals surface area (Å²) in [7, 11) is 0. The van der Waals surface area contributed by atoms with Crippen LogP contribution in [0.3, 0.4) is 0 Å². The van der Waals surface area contributed by atoms with Gasteiger partial charge in [-0.2, -0.15) is 0 Å². The van der Waals surface area contributed by atoms with E-state index in [-0.39, 0.29) is 0 Å². The zero-order chi connectivity index (χ0) is 11.3. The summed E-state index contributed by atoms with van der Waals surface area (Å²) in [4.78, 5) is 0. The zero-order valence-corrected chi connectivity index (χ0v) is 11.9. The maximum absolute atomic E-state index is 3.57. The Hall–Kier alpha value is -0.0900. The minimum Gasteiger partial charge on any atom is -0.310 e. The Kier molecular flexibility index (Phi) is 5.61. The van der Waals surface area contributed by atoms with E-state index in [0.717, 1.165) is 12.5 Å². The fraction of sp³-hybridized carbons (Fsp3) is 0.538. The van der Waals surface area contributed by atoms with Gasteiger partial charge in [0.15, 0.2) is 0 Å². The number of hydrogen-bond acceptors (Lipinski definition) is 1. The molecule has 0 aliphatic rings. The highest BCUT2D eigenvalue weighted by Gasteiger charge is 2.05. The molecule has 0 saturated heterocycles. The number of hydrogen-bond donors (Lipinski definition) is 1. The smallest absolute Gasteiger partial charge is 0.0291 e. The molecule has 2 heteroatoms. The third kappa shape index (κ3) is 4.51. The predicted octanol–water partition coefficient (Wildman–Crippen LogP) is 3.99. The summed E-state index contributed by atoms with van der Waals surface area (Å²) in [5.41, 5.74) is 1.37. The van der Waals surface area contributed by atoms with Gasteiger partial charge in [-0.3, -0.25) is 0 Å². The Morgan fingerprint density at radius 1 is 1.20 bits per heavy atom. The van der Waals surface area contributed by atoms with E-state index >= 15 is 0 Å². The van der Waals surface area contributed by atoms with Gasteiger partial charge in [0, 0.05) is 9.61 Å². The van der Waals surface area contributed by atoms with E-state index in [1.54, 1.807) is 0 Å². The molecule has 0 spiro atoms. The Morgan fingerprint density at radius 2 is 1.80 bits per heavy atom.